The highest BCUT2D eigenvalue weighted by molar-refractivity contribution is 7.89. The zero-order valence-corrected chi connectivity index (χ0v) is 21.7. The number of hydrogen-bond acceptors (Lipinski definition) is 8. The topological polar surface area (TPSA) is 120 Å². The van der Waals surface area contributed by atoms with E-state index in [1.165, 1.54) is 69.1 Å². The number of ether oxygens (including phenoxy) is 4. The van der Waals surface area contributed by atoms with E-state index in [1.807, 2.05) is 30.3 Å². The molecule has 0 aromatic heterocycles. The van der Waals surface area contributed by atoms with Crippen LogP contribution in [0, 0.1) is 0 Å². The molecule has 0 fully saturated rings. The molecule has 0 unspecified atom stereocenters. The van der Waals surface area contributed by atoms with Gasteiger partial charge in [0, 0.05) is 25.7 Å². The van der Waals surface area contributed by atoms with Crippen molar-refractivity contribution in [2.75, 3.05) is 40.3 Å². The van der Waals surface area contributed by atoms with E-state index < -0.39 is 28.5 Å². The normalized spacial score (nSPS) is 11.1. The third-order valence-electron chi connectivity index (χ3n) is 5.35. The Balaban J connectivity index is 1.66. The van der Waals surface area contributed by atoms with Gasteiger partial charge in [0.1, 0.15) is 5.75 Å². The number of nitrogens with zero attached hydrogens (tertiary/aromatic N) is 1. The highest BCUT2D eigenvalue weighted by atomic mass is 32.2. The van der Waals surface area contributed by atoms with Crippen molar-refractivity contribution >= 4 is 27.6 Å². The largest absolute Gasteiger partial charge is 0.493 e. The van der Waals surface area contributed by atoms with Crippen molar-refractivity contribution in [2.24, 2.45) is 0 Å². The molecule has 0 saturated heterocycles. The lowest BCUT2D eigenvalue weighted by atomic mass is 10.1. The third kappa shape index (κ3) is 6.78. The number of sulfonamides is 1. The molecule has 1 amide bonds. The fourth-order valence-corrected chi connectivity index (χ4v) is 4.57. The van der Waals surface area contributed by atoms with E-state index in [2.05, 4.69) is 5.32 Å². The minimum absolute atomic E-state index is 0.0719. The maximum Gasteiger partial charge on any atom is 0.340 e. The molecule has 0 radical (unpaired) electrons. The lowest BCUT2D eigenvalue weighted by Gasteiger charge is -2.17. The molecule has 196 valence electrons. The van der Waals surface area contributed by atoms with Gasteiger partial charge in [-0.15, -0.1) is 0 Å². The molecule has 1 N–H and O–H groups in total. The van der Waals surface area contributed by atoms with Gasteiger partial charge >= 0.3 is 5.97 Å². The average Bonchev–Trinajstić information content (AvgIpc) is 2.91. The monoisotopic (exact) mass is 528 g/mol. The third-order valence-corrected chi connectivity index (χ3v) is 7.17. The number of nitrogens with one attached hydrogen (secondary N) is 1. The molecule has 3 rings (SSSR count). The van der Waals surface area contributed by atoms with Crippen molar-refractivity contribution in [3.8, 4) is 17.2 Å². The van der Waals surface area contributed by atoms with Gasteiger partial charge in [-0.3, -0.25) is 4.79 Å². The lowest BCUT2D eigenvalue weighted by Crippen LogP contribution is -2.26. The molecule has 0 aliphatic carbocycles. The van der Waals surface area contributed by atoms with Crippen molar-refractivity contribution < 1.29 is 37.0 Å². The summed E-state index contributed by atoms with van der Waals surface area (Å²) in [6, 6.07) is 17.8. The predicted molar refractivity (Wildman–Crippen MR) is 137 cm³/mol. The second-order valence-electron chi connectivity index (χ2n) is 7.80. The van der Waals surface area contributed by atoms with Crippen LogP contribution in [-0.4, -0.2) is 59.6 Å². The van der Waals surface area contributed by atoms with E-state index in [0.717, 1.165) is 5.56 Å². The number of hydrogen-bond donors (Lipinski definition) is 1. The first-order valence-electron chi connectivity index (χ1n) is 11.1. The molecule has 10 nitrogen and oxygen atoms in total. The highest BCUT2D eigenvalue weighted by Gasteiger charge is 2.22. The number of carbonyl (C=O) groups is 2. The standard InChI is InChI=1S/C26H28N2O8S/c1-28(16-18-8-6-5-7-9-18)37(31,32)20-12-10-19(11-13-20)36-17-25(29)27-22-15-24(34-3)23(33-2)14-21(22)26(30)35-4/h5-15H,16-17H2,1-4H3,(H,27,29). The van der Waals surface area contributed by atoms with Crippen LogP contribution in [0.25, 0.3) is 0 Å². The molecule has 0 saturated carbocycles. The summed E-state index contributed by atoms with van der Waals surface area (Å²) >= 11 is 0. The van der Waals surface area contributed by atoms with Crippen molar-refractivity contribution in [1.82, 2.24) is 4.31 Å². The Bertz CT molecular complexity index is 1340. The van der Waals surface area contributed by atoms with Crippen molar-refractivity contribution in [1.29, 1.82) is 0 Å². The number of anilines is 1. The highest BCUT2D eigenvalue weighted by Crippen LogP contribution is 2.33. The first kappa shape index (κ1) is 27.5. The molecule has 3 aromatic rings. The van der Waals surface area contributed by atoms with E-state index in [0.29, 0.717) is 17.2 Å². The Morgan fingerprint density at radius 3 is 2.11 bits per heavy atom. The number of methoxy groups -OCH3 is 3. The second-order valence-corrected chi connectivity index (χ2v) is 9.84. The predicted octanol–water partition coefficient (Wildman–Crippen LogP) is 3.33. The summed E-state index contributed by atoms with van der Waals surface area (Å²) in [4.78, 5) is 24.8. The van der Waals surface area contributed by atoms with E-state index in [4.69, 9.17) is 18.9 Å². The van der Waals surface area contributed by atoms with Crippen LogP contribution in [0.1, 0.15) is 15.9 Å². The van der Waals surface area contributed by atoms with Crippen LogP contribution >= 0.6 is 0 Å². The van der Waals surface area contributed by atoms with Gasteiger partial charge in [0.05, 0.1) is 37.5 Å². The van der Waals surface area contributed by atoms with Crippen LogP contribution in [0.15, 0.2) is 71.6 Å². The van der Waals surface area contributed by atoms with E-state index in [-0.39, 0.29) is 22.7 Å². The Kier molecular flexibility index (Phi) is 9.10. The number of benzene rings is 3. The van der Waals surface area contributed by atoms with Gasteiger partial charge in [-0.1, -0.05) is 30.3 Å². The van der Waals surface area contributed by atoms with Gasteiger partial charge in [0.2, 0.25) is 10.0 Å². The minimum Gasteiger partial charge on any atom is -0.493 e. The van der Waals surface area contributed by atoms with E-state index in [9.17, 15) is 18.0 Å². The smallest absolute Gasteiger partial charge is 0.340 e. The van der Waals surface area contributed by atoms with Gasteiger partial charge < -0.3 is 24.3 Å². The quantitative estimate of drug-likeness (QED) is 0.376. The first-order valence-corrected chi connectivity index (χ1v) is 12.5. The molecular weight excluding hydrogens is 500 g/mol. The number of carbonyl (C=O) groups excluding carboxylic acids is 2. The van der Waals surface area contributed by atoms with Gasteiger partial charge in [-0.2, -0.15) is 4.31 Å². The summed E-state index contributed by atoms with van der Waals surface area (Å²) in [7, 11) is 1.85. The summed E-state index contributed by atoms with van der Waals surface area (Å²) < 4.78 is 47.7. The molecule has 0 aliphatic rings. The van der Waals surface area contributed by atoms with E-state index in [1.54, 1.807) is 0 Å². The van der Waals surface area contributed by atoms with Gasteiger partial charge in [-0.05, 0) is 29.8 Å². The van der Waals surface area contributed by atoms with E-state index >= 15 is 0 Å². The molecule has 11 heteroatoms. The Labute approximate surface area is 215 Å². The van der Waals surface area contributed by atoms with Crippen molar-refractivity contribution in [3.63, 3.8) is 0 Å². The molecule has 0 heterocycles. The summed E-state index contributed by atoms with van der Waals surface area (Å²) in [5, 5.41) is 2.59. The molecule has 37 heavy (non-hydrogen) atoms. The van der Waals surface area contributed by atoms with Crippen LogP contribution in [-0.2, 0) is 26.1 Å². The van der Waals surface area contributed by atoms with Crippen LogP contribution in [0.5, 0.6) is 17.2 Å². The summed E-state index contributed by atoms with van der Waals surface area (Å²) in [5.74, 6) is -0.342. The summed E-state index contributed by atoms with van der Waals surface area (Å²) in [6.45, 7) is -0.166. The van der Waals surface area contributed by atoms with Gasteiger partial charge in [0.15, 0.2) is 18.1 Å². The van der Waals surface area contributed by atoms with Crippen LogP contribution in [0.2, 0.25) is 0 Å². The number of rotatable bonds is 11. The fraction of sp³-hybridized carbons (Fsp3) is 0.231. The Hall–Kier alpha value is -4.09. The van der Waals surface area contributed by atoms with Gasteiger partial charge in [0.25, 0.3) is 5.91 Å². The lowest BCUT2D eigenvalue weighted by molar-refractivity contribution is -0.118. The summed E-state index contributed by atoms with van der Waals surface area (Å²) in [6.07, 6.45) is 0. The molecule has 0 aliphatic heterocycles. The number of esters is 1. The van der Waals surface area contributed by atoms with Gasteiger partial charge in [-0.25, -0.2) is 13.2 Å². The Morgan fingerprint density at radius 2 is 1.51 bits per heavy atom. The Morgan fingerprint density at radius 1 is 0.892 bits per heavy atom. The van der Waals surface area contributed by atoms with Crippen LogP contribution < -0.4 is 19.5 Å². The molecule has 0 spiro atoms. The minimum atomic E-state index is -3.72. The summed E-state index contributed by atoms with van der Waals surface area (Å²) in [5.41, 5.74) is 1.09. The van der Waals surface area contributed by atoms with Crippen LogP contribution in [0.3, 0.4) is 0 Å². The van der Waals surface area contributed by atoms with Crippen LogP contribution in [0.4, 0.5) is 5.69 Å². The van der Waals surface area contributed by atoms with Crippen molar-refractivity contribution in [2.45, 2.75) is 11.4 Å². The fourth-order valence-electron chi connectivity index (χ4n) is 3.41. The molecule has 0 bridgehead atoms. The molecule has 3 aromatic carbocycles. The second kappa shape index (κ2) is 12.2. The zero-order valence-electron chi connectivity index (χ0n) is 20.9. The number of amides is 1. The first-order chi connectivity index (χ1) is 17.7. The molecular formula is C26H28N2O8S. The maximum atomic E-state index is 12.9. The molecule has 0 atom stereocenters. The zero-order chi connectivity index (χ0) is 27.0. The SMILES string of the molecule is COC(=O)c1cc(OC)c(OC)cc1NC(=O)COc1ccc(S(=O)(=O)N(C)Cc2ccccc2)cc1. The average molecular weight is 529 g/mol. The maximum absolute atomic E-state index is 12.9. The van der Waals surface area contributed by atoms with Crippen molar-refractivity contribution in [3.05, 3.63) is 77.9 Å².